The Bertz CT molecular complexity index is 559. The maximum absolute atomic E-state index is 10.9. The van der Waals surface area contributed by atoms with Crippen molar-refractivity contribution in [3.8, 4) is 17.0 Å². The van der Waals surface area contributed by atoms with Gasteiger partial charge in [-0.3, -0.25) is 9.89 Å². The molecule has 1 aromatic heterocycles. The number of aldehydes is 1. The van der Waals surface area contributed by atoms with Gasteiger partial charge in [0.2, 0.25) is 0 Å². The van der Waals surface area contributed by atoms with Gasteiger partial charge in [-0.15, -0.1) is 0 Å². The van der Waals surface area contributed by atoms with E-state index in [1.165, 1.54) is 6.20 Å². The van der Waals surface area contributed by atoms with E-state index >= 15 is 0 Å². The average molecular weight is 230 g/mol. The predicted octanol–water partition coefficient (Wildman–Crippen LogP) is 2.51. The van der Waals surface area contributed by atoms with Crippen molar-refractivity contribution < 1.29 is 9.53 Å². The summed E-state index contributed by atoms with van der Waals surface area (Å²) in [5.41, 5.74) is 4.36. The van der Waals surface area contributed by atoms with Gasteiger partial charge < -0.3 is 4.74 Å². The molecule has 0 saturated heterocycles. The van der Waals surface area contributed by atoms with Gasteiger partial charge in [0, 0.05) is 5.56 Å². The molecule has 2 aromatic rings. The van der Waals surface area contributed by atoms with E-state index in [0.717, 1.165) is 34.4 Å². The minimum absolute atomic E-state index is 0.567. The van der Waals surface area contributed by atoms with Crippen LogP contribution in [0, 0.1) is 13.8 Å². The average Bonchev–Trinajstić information content (AvgIpc) is 2.79. The molecule has 4 heteroatoms. The molecule has 0 spiro atoms. The van der Waals surface area contributed by atoms with Crippen LogP contribution in [0.2, 0.25) is 0 Å². The number of aryl methyl sites for hydroxylation is 2. The van der Waals surface area contributed by atoms with Gasteiger partial charge in [0.15, 0.2) is 6.29 Å². The second-order valence-corrected chi connectivity index (χ2v) is 3.95. The molecule has 0 unspecified atom stereocenters. The zero-order chi connectivity index (χ0) is 12.4. The monoisotopic (exact) mass is 230 g/mol. The number of aromatic amines is 1. The summed E-state index contributed by atoms with van der Waals surface area (Å²) >= 11 is 0. The number of aromatic nitrogens is 2. The van der Waals surface area contributed by atoms with Crippen LogP contribution < -0.4 is 4.74 Å². The number of methoxy groups -OCH3 is 1. The van der Waals surface area contributed by atoms with Crippen LogP contribution in [0.15, 0.2) is 18.3 Å². The van der Waals surface area contributed by atoms with Crippen LogP contribution in [0.25, 0.3) is 11.3 Å². The number of benzene rings is 1. The van der Waals surface area contributed by atoms with Crippen LogP contribution >= 0.6 is 0 Å². The van der Waals surface area contributed by atoms with Crippen LogP contribution in [-0.4, -0.2) is 23.6 Å². The van der Waals surface area contributed by atoms with Crippen molar-refractivity contribution in [2.45, 2.75) is 13.8 Å². The summed E-state index contributed by atoms with van der Waals surface area (Å²) in [6.45, 7) is 3.95. The number of H-pyrrole nitrogens is 1. The van der Waals surface area contributed by atoms with Gasteiger partial charge in [-0.05, 0) is 37.1 Å². The first-order valence-electron chi connectivity index (χ1n) is 5.31. The van der Waals surface area contributed by atoms with E-state index in [1.54, 1.807) is 7.11 Å². The fourth-order valence-corrected chi connectivity index (χ4v) is 1.88. The number of rotatable bonds is 3. The highest BCUT2D eigenvalue weighted by Gasteiger charge is 2.11. The van der Waals surface area contributed by atoms with Crippen LogP contribution in [0.1, 0.15) is 21.5 Å². The Morgan fingerprint density at radius 3 is 2.71 bits per heavy atom. The number of nitrogens with zero attached hydrogens (tertiary/aromatic N) is 1. The molecule has 0 saturated carbocycles. The van der Waals surface area contributed by atoms with E-state index in [4.69, 9.17) is 4.74 Å². The van der Waals surface area contributed by atoms with Gasteiger partial charge in [0.25, 0.3) is 0 Å². The fourth-order valence-electron chi connectivity index (χ4n) is 1.88. The Hall–Kier alpha value is -2.10. The minimum atomic E-state index is 0.567. The summed E-state index contributed by atoms with van der Waals surface area (Å²) < 4.78 is 5.26. The molecular formula is C13H14N2O2. The minimum Gasteiger partial charge on any atom is -0.496 e. The molecule has 2 rings (SSSR count). The number of hydrogen-bond acceptors (Lipinski definition) is 3. The molecule has 0 amide bonds. The molecule has 0 bridgehead atoms. The summed E-state index contributed by atoms with van der Waals surface area (Å²) in [6, 6.07) is 3.95. The highest BCUT2D eigenvalue weighted by Crippen LogP contribution is 2.30. The van der Waals surface area contributed by atoms with Crippen LogP contribution in [0.3, 0.4) is 0 Å². The van der Waals surface area contributed by atoms with E-state index in [1.807, 2.05) is 26.0 Å². The third kappa shape index (κ3) is 1.93. The van der Waals surface area contributed by atoms with Gasteiger partial charge in [0.1, 0.15) is 5.75 Å². The van der Waals surface area contributed by atoms with Gasteiger partial charge >= 0.3 is 0 Å². The van der Waals surface area contributed by atoms with Gasteiger partial charge in [-0.2, -0.15) is 5.10 Å². The number of nitrogens with one attached hydrogen (secondary N) is 1. The summed E-state index contributed by atoms with van der Waals surface area (Å²) in [5, 5.41) is 6.75. The molecular weight excluding hydrogens is 216 g/mol. The summed E-state index contributed by atoms with van der Waals surface area (Å²) in [7, 11) is 1.65. The van der Waals surface area contributed by atoms with Gasteiger partial charge in [-0.25, -0.2) is 0 Å². The molecule has 0 aliphatic carbocycles. The maximum atomic E-state index is 10.9. The zero-order valence-electron chi connectivity index (χ0n) is 10.1. The highest BCUT2D eigenvalue weighted by molar-refractivity contribution is 5.86. The topological polar surface area (TPSA) is 55.0 Å². The first kappa shape index (κ1) is 11.4. The molecule has 0 atom stereocenters. The molecule has 1 aromatic carbocycles. The van der Waals surface area contributed by atoms with Gasteiger partial charge in [0.05, 0.1) is 24.6 Å². The summed E-state index contributed by atoms with van der Waals surface area (Å²) in [6.07, 6.45) is 2.33. The molecule has 88 valence electrons. The molecule has 4 nitrogen and oxygen atoms in total. The third-order valence-electron chi connectivity index (χ3n) is 2.81. The first-order valence-corrected chi connectivity index (χ1v) is 5.31. The van der Waals surface area contributed by atoms with Crippen molar-refractivity contribution in [2.24, 2.45) is 0 Å². The first-order chi connectivity index (χ1) is 8.17. The van der Waals surface area contributed by atoms with Crippen LogP contribution in [-0.2, 0) is 0 Å². The van der Waals surface area contributed by atoms with Crippen molar-refractivity contribution in [2.75, 3.05) is 7.11 Å². The predicted molar refractivity (Wildman–Crippen MR) is 65.4 cm³/mol. The van der Waals surface area contributed by atoms with E-state index in [9.17, 15) is 4.79 Å². The van der Waals surface area contributed by atoms with Crippen LogP contribution in [0.5, 0.6) is 5.75 Å². The molecule has 0 aliphatic heterocycles. The zero-order valence-corrected chi connectivity index (χ0v) is 10.1. The quantitative estimate of drug-likeness (QED) is 0.824. The standard InChI is InChI=1S/C13H14N2O2/c1-8-5-12(17-3)9(2)4-11(8)13-10(7-16)6-14-15-13/h4-7H,1-3H3,(H,14,15). The lowest BCUT2D eigenvalue weighted by Crippen LogP contribution is -1.93. The van der Waals surface area contributed by atoms with Crippen molar-refractivity contribution in [3.63, 3.8) is 0 Å². The molecule has 0 aliphatic rings. The molecule has 17 heavy (non-hydrogen) atoms. The third-order valence-corrected chi connectivity index (χ3v) is 2.81. The largest absolute Gasteiger partial charge is 0.496 e. The van der Waals surface area contributed by atoms with E-state index < -0.39 is 0 Å². The van der Waals surface area contributed by atoms with E-state index in [0.29, 0.717) is 5.56 Å². The number of carbonyl (C=O) groups is 1. The number of ether oxygens (including phenoxy) is 1. The van der Waals surface area contributed by atoms with Crippen molar-refractivity contribution in [3.05, 3.63) is 35.0 Å². The Labute approximate surface area is 99.6 Å². The fraction of sp³-hybridized carbons (Fsp3) is 0.231. The molecule has 0 fully saturated rings. The summed E-state index contributed by atoms with van der Waals surface area (Å²) in [5.74, 6) is 0.846. The van der Waals surface area contributed by atoms with Gasteiger partial charge in [-0.1, -0.05) is 0 Å². The summed E-state index contributed by atoms with van der Waals surface area (Å²) in [4.78, 5) is 10.9. The Morgan fingerprint density at radius 1 is 1.29 bits per heavy atom. The highest BCUT2D eigenvalue weighted by atomic mass is 16.5. The van der Waals surface area contributed by atoms with E-state index in [2.05, 4.69) is 10.2 Å². The SMILES string of the molecule is COc1cc(C)c(-c2[nH]ncc2C=O)cc1C. The smallest absolute Gasteiger partial charge is 0.153 e. The maximum Gasteiger partial charge on any atom is 0.153 e. The molecule has 1 heterocycles. The Balaban J connectivity index is 2.60. The number of hydrogen-bond donors (Lipinski definition) is 1. The van der Waals surface area contributed by atoms with E-state index in [-0.39, 0.29) is 0 Å². The van der Waals surface area contributed by atoms with Crippen molar-refractivity contribution in [1.82, 2.24) is 10.2 Å². The number of carbonyl (C=O) groups excluding carboxylic acids is 1. The normalized spacial score (nSPS) is 10.3. The molecule has 0 radical (unpaired) electrons. The van der Waals surface area contributed by atoms with Crippen LogP contribution in [0.4, 0.5) is 0 Å². The lowest BCUT2D eigenvalue weighted by Gasteiger charge is -2.10. The second-order valence-electron chi connectivity index (χ2n) is 3.95. The lowest BCUT2D eigenvalue weighted by molar-refractivity contribution is 0.112. The Kier molecular flexibility index (Phi) is 2.95. The van der Waals surface area contributed by atoms with Crippen molar-refractivity contribution in [1.29, 1.82) is 0 Å². The Morgan fingerprint density at radius 2 is 2.06 bits per heavy atom. The second kappa shape index (κ2) is 4.41. The lowest BCUT2D eigenvalue weighted by atomic mass is 10.00. The molecule has 1 N–H and O–H groups in total. The van der Waals surface area contributed by atoms with Crippen molar-refractivity contribution >= 4 is 6.29 Å².